The highest BCUT2D eigenvalue weighted by Gasteiger charge is 2.28. The number of amides is 2. The number of hydrogen-bond acceptors (Lipinski definition) is 5. The van der Waals surface area contributed by atoms with E-state index in [2.05, 4.69) is 15.6 Å². The van der Waals surface area contributed by atoms with Gasteiger partial charge in [-0.2, -0.15) is 5.26 Å². The van der Waals surface area contributed by atoms with E-state index in [0.29, 0.717) is 21.8 Å². The SMILES string of the molecule is CC(NC(=O)/C(C#N)=C1\N=C(NC(=O)c2cccs2)c2ccccc21)c1ccccc1. The summed E-state index contributed by atoms with van der Waals surface area (Å²) in [5, 5.41) is 17.2. The molecule has 0 bridgehead atoms. The number of amidine groups is 1. The van der Waals surface area contributed by atoms with Gasteiger partial charge in [0.25, 0.3) is 11.8 Å². The number of fused-ring (bicyclic) bond motifs is 1. The molecular formula is C24H18N4O2S. The van der Waals surface area contributed by atoms with Crippen LogP contribution < -0.4 is 10.6 Å². The first-order valence-electron chi connectivity index (χ1n) is 9.62. The van der Waals surface area contributed by atoms with Gasteiger partial charge in [0.2, 0.25) is 0 Å². The van der Waals surface area contributed by atoms with Crippen molar-refractivity contribution in [3.05, 3.63) is 99.3 Å². The highest BCUT2D eigenvalue weighted by molar-refractivity contribution is 7.12. The number of hydrogen-bond donors (Lipinski definition) is 2. The van der Waals surface area contributed by atoms with Gasteiger partial charge in [0.05, 0.1) is 16.6 Å². The summed E-state index contributed by atoms with van der Waals surface area (Å²) in [5.41, 5.74) is 2.37. The Hall–Kier alpha value is -4.02. The number of carbonyl (C=O) groups is 2. The van der Waals surface area contributed by atoms with Crippen molar-refractivity contribution in [3.63, 3.8) is 0 Å². The molecule has 1 aliphatic rings. The summed E-state index contributed by atoms with van der Waals surface area (Å²) in [6.45, 7) is 1.85. The lowest BCUT2D eigenvalue weighted by molar-refractivity contribution is -0.117. The molecule has 0 saturated heterocycles. The fourth-order valence-electron chi connectivity index (χ4n) is 3.30. The van der Waals surface area contributed by atoms with Gasteiger partial charge in [-0.1, -0.05) is 60.7 Å². The molecule has 0 aliphatic carbocycles. The monoisotopic (exact) mass is 426 g/mol. The van der Waals surface area contributed by atoms with Gasteiger partial charge < -0.3 is 10.6 Å². The summed E-state index contributed by atoms with van der Waals surface area (Å²) in [6.07, 6.45) is 0. The predicted octanol–water partition coefficient (Wildman–Crippen LogP) is 4.05. The Bertz CT molecular complexity index is 1240. The number of nitrogens with one attached hydrogen (secondary N) is 2. The van der Waals surface area contributed by atoms with Crippen LogP contribution in [0.2, 0.25) is 0 Å². The normalized spacial score (nSPS) is 14.6. The minimum Gasteiger partial charge on any atom is -0.345 e. The Balaban J connectivity index is 1.66. The maximum absolute atomic E-state index is 12.9. The first-order valence-corrected chi connectivity index (χ1v) is 10.5. The maximum Gasteiger partial charge on any atom is 0.266 e. The number of rotatable bonds is 4. The number of nitrogens with zero attached hydrogens (tertiary/aromatic N) is 2. The van der Waals surface area contributed by atoms with E-state index < -0.39 is 5.91 Å². The standard InChI is InChI=1S/C24H18N4O2S/c1-15(16-8-3-2-4-9-16)26-23(29)19(14-25)21-17-10-5-6-11-18(17)22(27-21)28-24(30)20-12-7-13-31-20/h2-13,15H,1H3,(H,26,29)(H,27,28,30)/b21-19-. The van der Waals surface area contributed by atoms with Crippen LogP contribution in [0.3, 0.4) is 0 Å². The van der Waals surface area contributed by atoms with Gasteiger partial charge >= 0.3 is 0 Å². The van der Waals surface area contributed by atoms with E-state index in [-0.39, 0.29) is 23.2 Å². The van der Waals surface area contributed by atoms with Gasteiger partial charge in [0.1, 0.15) is 17.5 Å². The molecule has 1 atom stereocenters. The molecule has 4 rings (SSSR count). The van der Waals surface area contributed by atoms with Crippen LogP contribution >= 0.6 is 11.3 Å². The zero-order valence-electron chi connectivity index (χ0n) is 16.6. The minimum absolute atomic E-state index is 0.101. The van der Waals surface area contributed by atoms with Gasteiger partial charge in [-0.25, -0.2) is 4.99 Å². The number of nitriles is 1. The molecule has 152 valence electrons. The molecule has 3 aromatic rings. The maximum atomic E-state index is 12.9. The molecule has 31 heavy (non-hydrogen) atoms. The van der Waals surface area contributed by atoms with E-state index in [1.807, 2.05) is 54.8 Å². The molecule has 1 aromatic heterocycles. The number of carbonyl (C=O) groups excluding carboxylic acids is 2. The molecule has 7 heteroatoms. The lowest BCUT2D eigenvalue weighted by Crippen LogP contribution is -2.29. The Morgan fingerprint density at radius 2 is 1.71 bits per heavy atom. The van der Waals surface area contributed by atoms with Crippen LogP contribution in [0.25, 0.3) is 5.70 Å². The van der Waals surface area contributed by atoms with Crippen molar-refractivity contribution in [2.75, 3.05) is 0 Å². The van der Waals surface area contributed by atoms with Crippen LogP contribution in [0.5, 0.6) is 0 Å². The van der Waals surface area contributed by atoms with E-state index >= 15 is 0 Å². The van der Waals surface area contributed by atoms with Gasteiger partial charge in [-0.15, -0.1) is 11.3 Å². The zero-order chi connectivity index (χ0) is 21.8. The van der Waals surface area contributed by atoms with Crippen molar-refractivity contribution in [1.29, 1.82) is 5.26 Å². The van der Waals surface area contributed by atoms with Crippen LogP contribution in [0.1, 0.15) is 39.3 Å². The quantitative estimate of drug-likeness (QED) is 0.487. The summed E-state index contributed by atoms with van der Waals surface area (Å²) in [6, 6.07) is 21.9. The van der Waals surface area contributed by atoms with Crippen molar-refractivity contribution in [3.8, 4) is 6.07 Å². The fraction of sp³-hybridized carbons (Fsp3) is 0.0833. The molecule has 1 aliphatic heterocycles. The van der Waals surface area contributed by atoms with E-state index in [9.17, 15) is 14.9 Å². The Morgan fingerprint density at radius 1 is 1.00 bits per heavy atom. The van der Waals surface area contributed by atoms with Gasteiger partial charge in [0.15, 0.2) is 0 Å². The summed E-state index contributed by atoms with van der Waals surface area (Å²) in [4.78, 5) is 30.4. The fourth-order valence-corrected chi connectivity index (χ4v) is 3.92. The van der Waals surface area contributed by atoms with E-state index in [0.717, 1.165) is 5.56 Å². The van der Waals surface area contributed by atoms with E-state index in [1.54, 1.807) is 30.3 Å². The first-order chi connectivity index (χ1) is 15.1. The Morgan fingerprint density at radius 3 is 2.39 bits per heavy atom. The predicted molar refractivity (Wildman–Crippen MR) is 120 cm³/mol. The number of aliphatic imine (C=N–C) groups is 1. The second kappa shape index (κ2) is 8.78. The lowest BCUT2D eigenvalue weighted by atomic mass is 10.0. The molecule has 1 unspecified atom stereocenters. The molecule has 2 aromatic carbocycles. The molecule has 0 saturated carbocycles. The molecule has 2 amide bonds. The topological polar surface area (TPSA) is 94.3 Å². The third-order valence-electron chi connectivity index (χ3n) is 4.86. The molecule has 2 N–H and O–H groups in total. The van der Waals surface area contributed by atoms with Crippen molar-refractivity contribution in [1.82, 2.24) is 10.6 Å². The Kier molecular flexibility index (Phi) is 5.74. The van der Waals surface area contributed by atoms with Crippen molar-refractivity contribution >= 4 is 34.7 Å². The third-order valence-corrected chi connectivity index (χ3v) is 5.73. The van der Waals surface area contributed by atoms with E-state index in [1.165, 1.54) is 11.3 Å². The molecule has 6 nitrogen and oxygen atoms in total. The largest absolute Gasteiger partial charge is 0.345 e. The second-order valence-electron chi connectivity index (χ2n) is 6.88. The molecule has 0 fully saturated rings. The average Bonchev–Trinajstić information content (AvgIpc) is 3.44. The van der Waals surface area contributed by atoms with Gasteiger partial charge in [0, 0.05) is 11.1 Å². The molecule has 0 radical (unpaired) electrons. The van der Waals surface area contributed by atoms with Crippen molar-refractivity contribution in [2.24, 2.45) is 4.99 Å². The average molecular weight is 427 g/mol. The highest BCUT2D eigenvalue weighted by atomic mass is 32.1. The zero-order valence-corrected chi connectivity index (χ0v) is 17.4. The molecular weight excluding hydrogens is 408 g/mol. The van der Waals surface area contributed by atoms with Crippen LogP contribution in [0, 0.1) is 11.3 Å². The second-order valence-corrected chi connectivity index (χ2v) is 7.83. The summed E-state index contributed by atoms with van der Waals surface area (Å²) < 4.78 is 0. The van der Waals surface area contributed by atoms with Crippen LogP contribution in [0.15, 0.2) is 82.7 Å². The molecule has 2 heterocycles. The Labute approximate surface area is 183 Å². The van der Waals surface area contributed by atoms with Gasteiger partial charge in [-0.3, -0.25) is 9.59 Å². The van der Waals surface area contributed by atoms with Crippen molar-refractivity contribution in [2.45, 2.75) is 13.0 Å². The minimum atomic E-state index is -0.516. The third kappa shape index (κ3) is 4.15. The van der Waals surface area contributed by atoms with Gasteiger partial charge in [-0.05, 0) is 23.9 Å². The summed E-state index contributed by atoms with van der Waals surface area (Å²) >= 11 is 1.32. The van der Waals surface area contributed by atoms with Crippen molar-refractivity contribution < 1.29 is 9.59 Å². The summed E-state index contributed by atoms with van der Waals surface area (Å²) in [7, 11) is 0. The van der Waals surface area contributed by atoms with E-state index in [4.69, 9.17) is 0 Å². The van der Waals surface area contributed by atoms with Crippen LogP contribution in [-0.2, 0) is 4.79 Å². The smallest absolute Gasteiger partial charge is 0.266 e. The summed E-state index contributed by atoms with van der Waals surface area (Å²) in [5.74, 6) is -0.482. The number of thiophene rings is 1. The van der Waals surface area contributed by atoms with Crippen LogP contribution in [-0.4, -0.2) is 17.6 Å². The number of benzene rings is 2. The first kappa shape index (κ1) is 20.3. The highest BCUT2D eigenvalue weighted by Crippen LogP contribution is 2.31. The van der Waals surface area contributed by atoms with Crippen LogP contribution in [0.4, 0.5) is 0 Å². The lowest BCUT2D eigenvalue weighted by Gasteiger charge is -2.14. The molecule has 0 spiro atoms.